The first kappa shape index (κ1) is 17.1. The number of nitrogens with one attached hydrogen (secondary N) is 1. The molecule has 1 N–H and O–H groups in total. The van der Waals surface area contributed by atoms with Crippen molar-refractivity contribution >= 4 is 11.6 Å². The maximum Gasteiger partial charge on any atom is 0.262 e. The van der Waals surface area contributed by atoms with E-state index in [4.69, 9.17) is 4.74 Å². The molecule has 3 nitrogen and oxygen atoms in total. The first-order valence-corrected chi connectivity index (χ1v) is 7.98. The largest absolute Gasteiger partial charge is 0.483 e. The maximum atomic E-state index is 12.1. The van der Waals surface area contributed by atoms with Crippen molar-refractivity contribution in [3.63, 3.8) is 0 Å². The normalized spacial score (nSPS) is 10.7. The van der Waals surface area contributed by atoms with Gasteiger partial charge in [-0.05, 0) is 61.1 Å². The van der Waals surface area contributed by atoms with Gasteiger partial charge in [0.25, 0.3) is 5.91 Å². The quantitative estimate of drug-likeness (QED) is 0.865. The smallest absolute Gasteiger partial charge is 0.262 e. The summed E-state index contributed by atoms with van der Waals surface area (Å²) >= 11 is 0. The van der Waals surface area contributed by atoms with Gasteiger partial charge in [0, 0.05) is 5.69 Å². The van der Waals surface area contributed by atoms with Crippen LogP contribution in [0.2, 0.25) is 0 Å². The Labute approximate surface area is 138 Å². The van der Waals surface area contributed by atoms with Gasteiger partial charge in [-0.2, -0.15) is 0 Å². The predicted molar refractivity (Wildman–Crippen MR) is 95.3 cm³/mol. The van der Waals surface area contributed by atoms with Crippen molar-refractivity contribution in [1.82, 2.24) is 0 Å². The summed E-state index contributed by atoms with van der Waals surface area (Å²) in [5, 5.41) is 2.87. The van der Waals surface area contributed by atoms with E-state index in [1.165, 1.54) is 5.56 Å². The van der Waals surface area contributed by atoms with E-state index in [9.17, 15) is 4.79 Å². The van der Waals surface area contributed by atoms with Gasteiger partial charge in [0.1, 0.15) is 5.75 Å². The summed E-state index contributed by atoms with van der Waals surface area (Å²) in [6, 6.07) is 12.0. The predicted octanol–water partition coefficient (Wildman–Crippen LogP) is 4.75. The van der Waals surface area contributed by atoms with Crippen molar-refractivity contribution in [2.75, 3.05) is 11.9 Å². The van der Waals surface area contributed by atoms with Gasteiger partial charge < -0.3 is 10.1 Å². The van der Waals surface area contributed by atoms with Crippen LogP contribution in [-0.4, -0.2) is 12.5 Å². The minimum atomic E-state index is -0.150. The third kappa shape index (κ3) is 4.35. The average Bonchev–Trinajstić information content (AvgIpc) is 2.51. The molecule has 0 aromatic heterocycles. The Hall–Kier alpha value is -2.29. The number of rotatable bonds is 5. The summed E-state index contributed by atoms with van der Waals surface area (Å²) in [6.45, 7) is 10.3. The number of hydrogen-bond acceptors (Lipinski definition) is 2. The van der Waals surface area contributed by atoms with Crippen LogP contribution in [0.5, 0.6) is 5.75 Å². The van der Waals surface area contributed by atoms with Crippen molar-refractivity contribution in [2.24, 2.45) is 0 Å². The molecule has 0 spiro atoms. The fraction of sp³-hybridized carbons (Fsp3) is 0.350. The number of benzene rings is 2. The summed E-state index contributed by atoms with van der Waals surface area (Å²) in [6.07, 6.45) is 0. The lowest BCUT2D eigenvalue weighted by Gasteiger charge is -2.14. The van der Waals surface area contributed by atoms with Crippen LogP contribution in [0.4, 0.5) is 5.69 Å². The highest BCUT2D eigenvalue weighted by Gasteiger charge is 2.09. The molecule has 23 heavy (non-hydrogen) atoms. The molecule has 0 fully saturated rings. The maximum absolute atomic E-state index is 12.1. The van der Waals surface area contributed by atoms with E-state index < -0.39 is 0 Å². The summed E-state index contributed by atoms with van der Waals surface area (Å²) in [5.74, 6) is 1.13. The summed E-state index contributed by atoms with van der Waals surface area (Å²) in [7, 11) is 0. The van der Waals surface area contributed by atoms with E-state index >= 15 is 0 Å². The van der Waals surface area contributed by atoms with Crippen molar-refractivity contribution in [1.29, 1.82) is 0 Å². The monoisotopic (exact) mass is 311 g/mol. The number of aryl methyl sites for hydroxylation is 2. The van der Waals surface area contributed by atoms with Crippen LogP contribution in [-0.2, 0) is 4.79 Å². The zero-order chi connectivity index (χ0) is 17.0. The summed E-state index contributed by atoms with van der Waals surface area (Å²) < 4.78 is 5.73. The Bertz CT molecular complexity index is 688. The lowest BCUT2D eigenvalue weighted by molar-refractivity contribution is -0.118. The number of hydrogen-bond donors (Lipinski definition) is 1. The molecule has 0 aliphatic rings. The molecule has 1 amide bonds. The van der Waals surface area contributed by atoms with Crippen LogP contribution < -0.4 is 10.1 Å². The van der Waals surface area contributed by atoms with Crippen LogP contribution in [0, 0.1) is 20.8 Å². The number of carbonyl (C=O) groups is 1. The van der Waals surface area contributed by atoms with Crippen molar-refractivity contribution < 1.29 is 9.53 Å². The molecule has 2 aromatic rings. The van der Waals surface area contributed by atoms with Crippen molar-refractivity contribution in [3.05, 3.63) is 58.7 Å². The summed E-state index contributed by atoms with van der Waals surface area (Å²) in [4.78, 5) is 12.1. The van der Waals surface area contributed by atoms with E-state index in [2.05, 4.69) is 25.2 Å². The number of anilines is 1. The molecule has 0 saturated heterocycles. The third-order valence-corrected chi connectivity index (χ3v) is 4.08. The van der Waals surface area contributed by atoms with Crippen LogP contribution in [0.1, 0.15) is 42.0 Å². The second-order valence-electron chi connectivity index (χ2n) is 6.27. The second kappa shape index (κ2) is 7.32. The van der Waals surface area contributed by atoms with Crippen LogP contribution >= 0.6 is 0 Å². The molecule has 0 aliphatic carbocycles. The molecule has 2 rings (SSSR count). The zero-order valence-corrected chi connectivity index (χ0v) is 14.6. The Balaban J connectivity index is 1.97. The van der Waals surface area contributed by atoms with E-state index in [0.29, 0.717) is 5.92 Å². The van der Waals surface area contributed by atoms with Gasteiger partial charge in [-0.25, -0.2) is 0 Å². The molecule has 0 saturated carbocycles. The van der Waals surface area contributed by atoms with Gasteiger partial charge in [0.15, 0.2) is 6.61 Å². The Morgan fingerprint density at radius 3 is 2.22 bits per heavy atom. The molecule has 0 unspecified atom stereocenters. The molecular weight excluding hydrogens is 286 g/mol. The standard InChI is InChI=1S/C20H25NO2/c1-13(2)17-8-10-18(11-9-17)21-19(22)12-23-20-15(4)7-6-14(3)16(20)5/h6-11,13H,12H2,1-5H3,(H,21,22). The van der Waals surface area contributed by atoms with Gasteiger partial charge in [-0.1, -0.05) is 38.1 Å². The Kier molecular flexibility index (Phi) is 5.43. The highest BCUT2D eigenvalue weighted by atomic mass is 16.5. The molecule has 0 heterocycles. The molecule has 2 aromatic carbocycles. The van der Waals surface area contributed by atoms with Gasteiger partial charge >= 0.3 is 0 Å². The zero-order valence-electron chi connectivity index (χ0n) is 14.6. The molecule has 0 atom stereocenters. The first-order chi connectivity index (χ1) is 10.9. The highest BCUT2D eigenvalue weighted by Crippen LogP contribution is 2.25. The minimum absolute atomic E-state index is 0.0110. The van der Waals surface area contributed by atoms with Crippen molar-refractivity contribution in [3.8, 4) is 5.75 Å². The van der Waals surface area contributed by atoms with E-state index in [-0.39, 0.29) is 12.5 Å². The fourth-order valence-electron chi connectivity index (χ4n) is 2.43. The topological polar surface area (TPSA) is 38.3 Å². The SMILES string of the molecule is Cc1ccc(C)c(OCC(=O)Nc2ccc(C(C)C)cc2)c1C. The minimum Gasteiger partial charge on any atom is -0.483 e. The van der Waals surface area contributed by atoms with Gasteiger partial charge in [0.05, 0.1) is 0 Å². The highest BCUT2D eigenvalue weighted by molar-refractivity contribution is 5.91. The third-order valence-electron chi connectivity index (χ3n) is 4.08. The Morgan fingerprint density at radius 1 is 1.00 bits per heavy atom. The molecular formula is C20H25NO2. The molecule has 0 bridgehead atoms. The van der Waals surface area contributed by atoms with Crippen molar-refractivity contribution in [2.45, 2.75) is 40.5 Å². The summed E-state index contributed by atoms with van der Waals surface area (Å²) in [5.41, 5.74) is 5.34. The lowest BCUT2D eigenvalue weighted by Crippen LogP contribution is -2.20. The molecule has 122 valence electrons. The van der Waals surface area contributed by atoms with E-state index in [1.54, 1.807) is 0 Å². The first-order valence-electron chi connectivity index (χ1n) is 7.98. The number of amides is 1. The molecule has 3 heteroatoms. The van der Waals surface area contributed by atoms with Crippen LogP contribution in [0.3, 0.4) is 0 Å². The van der Waals surface area contributed by atoms with Gasteiger partial charge in [-0.15, -0.1) is 0 Å². The van der Waals surface area contributed by atoms with Gasteiger partial charge in [-0.3, -0.25) is 4.79 Å². The lowest BCUT2D eigenvalue weighted by atomic mass is 10.0. The van der Waals surface area contributed by atoms with E-state index in [1.807, 2.05) is 51.1 Å². The number of ether oxygens (including phenoxy) is 1. The van der Waals surface area contributed by atoms with Crippen LogP contribution in [0.25, 0.3) is 0 Å². The molecule has 0 radical (unpaired) electrons. The van der Waals surface area contributed by atoms with Gasteiger partial charge in [0.2, 0.25) is 0 Å². The second-order valence-corrected chi connectivity index (χ2v) is 6.27. The Morgan fingerprint density at radius 2 is 1.61 bits per heavy atom. The number of carbonyl (C=O) groups excluding carboxylic acids is 1. The average molecular weight is 311 g/mol. The fourth-order valence-corrected chi connectivity index (χ4v) is 2.43. The van der Waals surface area contributed by atoms with Crippen LogP contribution in [0.15, 0.2) is 36.4 Å². The van der Waals surface area contributed by atoms with E-state index in [0.717, 1.165) is 28.1 Å². The molecule has 0 aliphatic heterocycles.